The van der Waals surface area contributed by atoms with Crippen LogP contribution in [0.15, 0.2) is 29.2 Å². The third-order valence-corrected chi connectivity index (χ3v) is 8.64. The summed E-state index contributed by atoms with van der Waals surface area (Å²) in [6, 6.07) is 5.61. The zero-order chi connectivity index (χ0) is 21.3. The molecule has 3 heterocycles. The van der Waals surface area contributed by atoms with Crippen LogP contribution in [0.2, 0.25) is 0 Å². The molecule has 0 radical (unpaired) electrons. The molecule has 0 unspecified atom stereocenters. The van der Waals surface area contributed by atoms with Crippen molar-refractivity contribution in [3.05, 3.63) is 41.7 Å². The summed E-state index contributed by atoms with van der Waals surface area (Å²) in [7, 11) is -3.83. The molecule has 10 heteroatoms. The number of aromatic nitrogens is 3. The van der Waals surface area contributed by atoms with Gasteiger partial charge in [-0.2, -0.15) is 4.31 Å². The van der Waals surface area contributed by atoms with E-state index < -0.39 is 15.8 Å². The summed E-state index contributed by atoms with van der Waals surface area (Å²) in [5.74, 6) is 0.296. The van der Waals surface area contributed by atoms with Gasteiger partial charge in [-0.1, -0.05) is 12.1 Å². The van der Waals surface area contributed by atoms with Crippen LogP contribution in [0.3, 0.4) is 0 Å². The summed E-state index contributed by atoms with van der Waals surface area (Å²) < 4.78 is 42.7. The Bertz CT molecular complexity index is 1120. The fraction of sp³-hybridized carbons (Fsp3) is 0.550. The van der Waals surface area contributed by atoms with Crippen LogP contribution in [-0.2, 0) is 16.6 Å². The number of rotatable bonds is 3. The maximum Gasteiger partial charge on any atom is 0.292 e. The molecule has 1 aromatic carbocycles. The van der Waals surface area contributed by atoms with E-state index in [1.165, 1.54) is 22.5 Å². The minimum atomic E-state index is -3.83. The standard InChI is InChI=1S/C20H24FN5O3S/c1-13-7-8-25-14(2)22-23-18(25)19(27)26(13)15-9-20(10-15)11-24(12-20)30(28,29)17-6-4-3-5-16(17)21/h3-6,13,15H,7-12H2,1-2H3/t13-/m1/s1. The van der Waals surface area contributed by atoms with E-state index in [0.717, 1.165) is 31.2 Å². The van der Waals surface area contributed by atoms with Gasteiger partial charge in [-0.15, -0.1) is 10.2 Å². The predicted octanol–water partition coefficient (Wildman–Crippen LogP) is 1.81. The molecule has 0 N–H and O–H groups in total. The number of nitrogens with zero attached hydrogens (tertiary/aromatic N) is 5. The normalized spacial score (nSPS) is 24.3. The van der Waals surface area contributed by atoms with E-state index in [9.17, 15) is 17.6 Å². The Hall–Kier alpha value is -2.33. The Morgan fingerprint density at radius 2 is 1.87 bits per heavy atom. The van der Waals surface area contributed by atoms with Gasteiger partial charge < -0.3 is 9.47 Å². The number of sulfonamides is 1. The minimum absolute atomic E-state index is 0.0642. The number of benzene rings is 1. The molecular weight excluding hydrogens is 409 g/mol. The van der Waals surface area contributed by atoms with Crippen molar-refractivity contribution in [3.63, 3.8) is 0 Å². The first-order valence-corrected chi connectivity index (χ1v) is 11.6. The molecule has 0 bridgehead atoms. The second-order valence-corrected chi connectivity index (χ2v) is 10.7. The lowest BCUT2D eigenvalue weighted by molar-refractivity contribution is -0.0741. The third kappa shape index (κ3) is 2.80. The van der Waals surface area contributed by atoms with Gasteiger partial charge >= 0.3 is 0 Å². The summed E-state index contributed by atoms with van der Waals surface area (Å²) in [6.45, 7) is 5.34. The molecule has 2 aliphatic heterocycles. The number of carbonyl (C=O) groups is 1. The Balaban J connectivity index is 1.28. The summed E-state index contributed by atoms with van der Waals surface area (Å²) in [6.07, 6.45) is 2.33. The largest absolute Gasteiger partial charge is 0.330 e. The highest BCUT2D eigenvalue weighted by Gasteiger charge is 2.58. The molecule has 2 fully saturated rings. The third-order valence-electron chi connectivity index (χ3n) is 6.82. The molecule has 1 spiro atoms. The quantitative estimate of drug-likeness (QED) is 0.737. The highest BCUT2D eigenvalue weighted by molar-refractivity contribution is 7.89. The first kappa shape index (κ1) is 19.6. The maximum absolute atomic E-state index is 14.0. The second kappa shape index (κ2) is 6.58. The Labute approximate surface area is 174 Å². The minimum Gasteiger partial charge on any atom is -0.330 e. The zero-order valence-electron chi connectivity index (χ0n) is 17.0. The Morgan fingerprint density at radius 3 is 2.57 bits per heavy atom. The van der Waals surface area contributed by atoms with Gasteiger partial charge in [0, 0.05) is 37.1 Å². The van der Waals surface area contributed by atoms with Crippen LogP contribution in [0.25, 0.3) is 0 Å². The van der Waals surface area contributed by atoms with Crippen molar-refractivity contribution in [1.82, 2.24) is 24.0 Å². The van der Waals surface area contributed by atoms with Crippen molar-refractivity contribution < 1.29 is 17.6 Å². The van der Waals surface area contributed by atoms with Crippen molar-refractivity contribution >= 4 is 15.9 Å². The van der Waals surface area contributed by atoms with E-state index in [0.29, 0.717) is 25.5 Å². The maximum atomic E-state index is 14.0. The number of aryl methyl sites for hydroxylation is 1. The lowest BCUT2D eigenvalue weighted by Gasteiger charge is -2.60. The molecule has 2 aromatic rings. The smallest absolute Gasteiger partial charge is 0.292 e. The van der Waals surface area contributed by atoms with Gasteiger partial charge in [-0.05, 0) is 45.2 Å². The topological polar surface area (TPSA) is 88.4 Å². The summed E-state index contributed by atoms with van der Waals surface area (Å²) >= 11 is 0. The number of hydrogen-bond acceptors (Lipinski definition) is 5. The number of hydrogen-bond donors (Lipinski definition) is 0. The summed E-state index contributed by atoms with van der Waals surface area (Å²) in [4.78, 5) is 14.7. The van der Waals surface area contributed by atoms with E-state index >= 15 is 0 Å². The van der Waals surface area contributed by atoms with Crippen LogP contribution in [-0.4, -0.2) is 63.5 Å². The monoisotopic (exact) mass is 433 g/mol. The van der Waals surface area contributed by atoms with Crippen LogP contribution >= 0.6 is 0 Å². The van der Waals surface area contributed by atoms with E-state index in [2.05, 4.69) is 10.2 Å². The molecular formula is C20H24FN5O3S. The van der Waals surface area contributed by atoms with Gasteiger partial charge in [-0.25, -0.2) is 12.8 Å². The van der Waals surface area contributed by atoms with E-state index in [1.807, 2.05) is 23.3 Å². The van der Waals surface area contributed by atoms with Gasteiger partial charge in [0.05, 0.1) is 0 Å². The van der Waals surface area contributed by atoms with Crippen LogP contribution in [0.5, 0.6) is 0 Å². The van der Waals surface area contributed by atoms with Gasteiger partial charge in [0.15, 0.2) is 0 Å². The molecule has 1 aliphatic carbocycles. The SMILES string of the molecule is Cc1nnc2n1CC[C@@H](C)N(C1CC3(C1)CN(S(=O)(=O)c1ccccc1F)C3)C2=O. The Morgan fingerprint density at radius 1 is 1.17 bits per heavy atom. The van der Waals surface area contributed by atoms with Crippen LogP contribution in [0.1, 0.15) is 42.6 Å². The average molecular weight is 434 g/mol. The highest BCUT2D eigenvalue weighted by atomic mass is 32.2. The summed E-state index contributed by atoms with van der Waals surface area (Å²) in [5.41, 5.74) is -0.126. The molecule has 1 amide bonds. The van der Waals surface area contributed by atoms with Gasteiger partial charge in [0.1, 0.15) is 16.5 Å². The van der Waals surface area contributed by atoms with Crippen LogP contribution in [0, 0.1) is 18.2 Å². The number of amides is 1. The number of halogens is 1. The zero-order valence-corrected chi connectivity index (χ0v) is 17.8. The number of carbonyl (C=O) groups excluding carboxylic acids is 1. The molecule has 5 rings (SSSR count). The van der Waals surface area contributed by atoms with Crippen molar-refractivity contribution in [3.8, 4) is 0 Å². The molecule has 1 saturated carbocycles. The molecule has 8 nitrogen and oxygen atoms in total. The lowest BCUT2D eigenvalue weighted by atomic mass is 9.61. The lowest BCUT2D eigenvalue weighted by Crippen LogP contribution is -2.68. The van der Waals surface area contributed by atoms with Crippen LogP contribution in [0.4, 0.5) is 4.39 Å². The Kier molecular flexibility index (Phi) is 4.31. The summed E-state index contributed by atoms with van der Waals surface area (Å²) in [5, 5.41) is 8.12. The first-order chi connectivity index (χ1) is 14.2. The van der Waals surface area contributed by atoms with Gasteiger partial charge in [0.25, 0.3) is 5.91 Å². The number of fused-ring (bicyclic) bond motifs is 1. The molecule has 1 atom stereocenters. The first-order valence-electron chi connectivity index (χ1n) is 10.2. The fourth-order valence-corrected chi connectivity index (χ4v) is 6.89. The predicted molar refractivity (Wildman–Crippen MR) is 106 cm³/mol. The molecule has 1 aromatic heterocycles. The van der Waals surface area contributed by atoms with Gasteiger partial charge in [-0.3, -0.25) is 4.79 Å². The highest BCUT2D eigenvalue weighted by Crippen LogP contribution is 2.52. The van der Waals surface area contributed by atoms with E-state index in [4.69, 9.17) is 0 Å². The van der Waals surface area contributed by atoms with Crippen molar-refractivity contribution in [1.29, 1.82) is 0 Å². The van der Waals surface area contributed by atoms with Crippen molar-refractivity contribution in [2.45, 2.75) is 56.6 Å². The fourth-order valence-electron chi connectivity index (χ4n) is 5.16. The second-order valence-electron chi connectivity index (χ2n) is 8.84. The molecule has 1 saturated heterocycles. The van der Waals surface area contributed by atoms with Crippen molar-refractivity contribution in [2.24, 2.45) is 5.41 Å². The van der Waals surface area contributed by atoms with E-state index in [1.54, 1.807) is 0 Å². The average Bonchev–Trinajstić information content (AvgIpc) is 2.94. The van der Waals surface area contributed by atoms with Crippen molar-refractivity contribution in [2.75, 3.05) is 13.1 Å². The van der Waals surface area contributed by atoms with Gasteiger partial charge in [0.2, 0.25) is 15.8 Å². The van der Waals surface area contributed by atoms with E-state index in [-0.39, 0.29) is 28.3 Å². The molecule has 30 heavy (non-hydrogen) atoms. The van der Waals surface area contributed by atoms with Crippen LogP contribution < -0.4 is 0 Å². The molecule has 3 aliphatic rings. The molecule has 160 valence electrons.